The Kier molecular flexibility index (Phi) is 9.35. The first-order chi connectivity index (χ1) is 18.7. The molecule has 0 unspecified atom stereocenters. The molecule has 3 aromatic carbocycles. The first-order valence-electron chi connectivity index (χ1n) is 11.8. The zero-order valence-corrected chi connectivity index (χ0v) is 20.9. The standard InChI is InChI=1S/C28H25F5N2O5/c29-27(30,28(31,32)33)12-1-13-39-22-10-5-18(6-11-22)26(38)40-23-8-2-17(3-9-23)14-20(25(36)37)15-19-4-7-21(34)16-24(19)35/h2-11,14,16H,1,12-13,15,34-35H2,(H,36,37). The van der Waals surface area contributed by atoms with Crippen molar-refractivity contribution in [2.45, 2.75) is 31.4 Å². The molecule has 0 amide bonds. The zero-order chi connectivity index (χ0) is 29.5. The summed E-state index contributed by atoms with van der Waals surface area (Å²) in [4.78, 5) is 24.2. The van der Waals surface area contributed by atoms with Gasteiger partial charge in [0, 0.05) is 29.8 Å². The monoisotopic (exact) mass is 564 g/mol. The first kappa shape index (κ1) is 29.9. The highest BCUT2D eigenvalue weighted by Crippen LogP contribution is 2.38. The Balaban J connectivity index is 1.56. The van der Waals surface area contributed by atoms with Crippen molar-refractivity contribution >= 4 is 29.4 Å². The fraction of sp³-hybridized carbons (Fsp3) is 0.214. The van der Waals surface area contributed by atoms with Crippen LogP contribution in [-0.2, 0) is 11.2 Å². The van der Waals surface area contributed by atoms with Gasteiger partial charge in [0.2, 0.25) is 0 Å². The van der Waals surface area contributed by atoms with E-state index in [1.807, 2.05) is 0 Å². The maximum Gasteiger partial charge on any atom is 0.453 e. The van der Waals surface area contributed by atoms with Crippen LogP contribution in [0.2, 0.25) is 0 Å². The summed E-state index contributed by atoms with van der Waals surface area (Å²) >= 11 is 0. The van der Waals surface area contributed by atoms with Gasteiger partial charge in [0.25, 0.3) is 0 Å². The second-order valence-electron chi connectivity index (χ2n) is 8.75. The summed E-state index contributed by atoms with van der Waals surface area (Å²) < 4.78 is 72.9. The predicted octanol–water partition coefficient (Wildman–Crippen LogP) is 6.14. The summed E-state index contributed by atoms with van der Waals surface area (Å²) in [7, 11) is 0. The van der Waals surface area contributed by atoms with Gasteiger partial charge < -0.3 is 26.0 Å². The molecule has 0 aliphatic rings. The van der Waals surface area contributed by atoms with Crippen molar-refractivity contribution in [3.63, 3.8) is 0 Å². The van der Waals surface area contributed by atoms with Gasteiger partial charge in [0.15, 0.2) is 0 Å². The molecule has 12 heteroatoms. The van der Waals surface area contributed by atoms with Crippen LogP contribution >= 0.6 is 0 Å². The van der Waals surface area contributed by atoms with Crippen LogP contribution in [0.3, 0.4) is 0 Å². The van der Waals surface area contributed by atoms with Crippen molar-refractivity contribution in [3.8, 4) is 11.5 Å². The van der Waals surface area contributed by atoms with Crippen molar-refractivity contribution in [3.05, 3.63) is 89.0 Å². The summed E-state index contributed by atoms with van der Waals surface area (Å²) in [6, 6.07) is 16.3. The predicted molar refractivity (Wildman–Crippen MR) is 138 cm³/mol. The molecule has 0 aliphatic heterocycles. The lowest BCUT2D eigenvalue weighted by molar-refractivity contribution is -0.284. The summed E-state index contributed by atoms with van der Waals surface area (Å²) in [6.45, 7) is -0.368. The molecule has 0 aliphatic carbocycles. The number of esters is 1. The summed E-state index contributed by atoms with van der Waals surface area (Å²) in [5.74, 6) is -6.27. The fourth-order valence-corrected chi connectivity index (χ4v) is 3.48. The number of benzene rings is 3. The van der Waals surface area contributed by atoms with Gasteiger partial charge in [-0.15, -0.1) is 0 Å². The molecule has 0 bridgehead atoms. The van der Waals surface area contributed by atoms with Crippen molar-refractivity contribution in [1.82, 2.24) is 0 Å². The molecule has 0 saturated heterocycles. The van der Waals surface area contributed by atoms with Crippen molar-refractivity contribution in [2.75, 3.05) is 18.1 Å². The molecule has 40 heavy (non-hydrogen) atoms. The lowest BCUT2D eigenvalue weighted by atomic mass is 10.0. The molecule has 0 spiro atoms. The Hall–Kier alpha value is -4.61. The van der Waals surface area contributed by atoms with Crippen LogP contribution in [0.15, 0.2) is 72.3 Å². The molecule has 3 rings (SSSR count). The van der Waals surface area contributed by atoms with Crippen LogP contribution in [0.4, 0.5) is 33.3 Å². The van der Waals surface area contributed by atoms with Crippen LogP contribution in [0, 0.1) is 0 Å². The zero-order valence-electron chi connectivity index (χ0n) is 20.9. The number of halogens is 5. The third-order valence-corrected chi connectivity index (χ3v) is 5.67. The molecule has 0 aromatic heterocycles. The quantitative estimate of drug-likeness (QED) is 0.0638. The van der Waals surface area contributed by atoms with Crippen molar-refractivity contribution < 1.29 is 46.1 Å². The number of carboxylic acid groups (broad SMARTS) is 1. The number of carbonyl (C=O) groups is 2. The van der Waals surface area contributed by atoms with Crippen LogP contribution in [0.1, 0.15) is 34.3 Å². The lowest BCUT2D eigenvalue weighted by Gasteiger charge is -2.19. The van der Waals surface area contributed by atoms with Gasteiger partial charge in [-0.2, -0.15) is 22.0 Å². The second-order valence-corrected chi connectivity index (χ2v) is 8.75. The summed E-state index contributed by atoms with van der Waals surface area (Å²) in [5, 5.41) is 9.60. The number of hydrogen-bond donors (Lipinski definition) is 3. The molecule has 0 radical (unpaired) electrons. The number of anilines is 2. The smallest absolute Gasteiger partial charge is 0.453 e. The third-order valence-electron chi connectivity index (χ3n) is 5.67. The highest BCUT2D eigenvalue weighted by atomic mass is 19.4. The average Bonchev–Trinajstić information content (AvgIpc) is 2.88. The van der Waals surface area contributed by atoms with E-state index in [1.165, 1.54) is 42.5 Å². The Morgan fingerprint density at radius 2 is 1.50 bits per heavy atom. The number of alkyl halides is 5. The molecule has 0 atom stereocenters. The topological polar surface area (TPSA) is 125 Å². The molecule has 7 nitrogen and oxygen atoms in total. The molecule has 5 N–H and O–H groups in total. The Morgan fingerprint density at radius 3 is 2.08 bits per heavy atom. The second kappa shape index (κ2) is 12.5. The SMILES string of the molecule is Nc1ccc(CC(=Cc2ccc(OC(=O)c3ccc(OCCCC(F)(F)C(F)(F)F)cc3)cc2)C(=O)O)c(N)c1. The van der Waals surface area contributed by atoms with E-state index in [1.54, 1.807) is 30.3 Å². The Bertz CT molecular complexity index is 1370. The number of hydrogen-bond acceptors (Lipinski definition) is 6. The van der Waals surface area contributed by atoms with Gasteiger partial charge in [-0.1, -0.05) is 18.2 Å². The van der Waals surface area contributed by atoms with Crippen molar-refractivity contribution in [2.24, 2.45) is 0 Å². The van der Waals surface area contributed by atoms with Crippen LogP contribution in [-0.4, -0.2) is 35.8 Å². The fourth-order valence-electron chi connectivity index (χ4n) is 3.48. The van der Waals surface area contributed by atoms with Crippen molar-refractivity contribution in [1.29, 1.82) is 0 Å². The number of ether oxygens (including phenoxy) is 2. The molecule has 0 fully saturated rings. The van der Waals surface area contributed by atoms with E-state index in [2.05, 4.69) is 0 Å². The van der Waals surface area contributed by atoms with Gasteiger partial charge in [-0.25, -0.2) is 9.59 Å². The first-order valence-corrected chi connectivity index (χ1v) is 11.8. The van der Waals surface area contributed by atoms with E-state index in [-0.39, 0.29) is 35.7 Å². The van der Waals surface area contributed by atoms with Gasteiger partial charge in [0.1, 0.15) is 11.5 Å². The number of carboxylic acids is 1. The minimum Gasteiger partial charge on any atom is -0.494 e. The Morgan fingerprint density at radius 1 is 0.875 bits per heavy atom. The van der Waals surface area contributed by atoms with Crippen LogP contribution in [0.5, 0.6) is 11.5 Å². The van der Waals surface area contributed by atoms with Gasteiger partial charge in [-0.05, 0) is 72.2 Å². The molecular formula is C28H25F5N2O5. The van der Waals surface area contributed by atoms with E-state index in [4.69, 9.17) is 20.9 Å². The maximum atomic E-state index is 12.9. The van der Waals surface area contributed by atoms with E-state index in [0.29, 0.717) is 22.5 Å². The number of nitrogen functional groups attached to an aromatic ring is 2. The largest absolute Gasteiger partial charge is 0.494 e. The van der Waals surface area contributed by atoms with E-state index in [0.717, 1.165) is 0 Å². The minimum atomic E-state index is -5.61. The van der Waals surface area contributed by atoms with Gasteiger partial charge in [0.05, 0.1) is 12.2 Å². The molecule has 0 saturated carbocycles. The summed E-state index contributed by atoms with van der Waals surface area (Å²) in [5.41, 5.74) is 13.8. The van der Waals surface area contributed by atoms with Gasteiger partial charge >= 0.3 is 24.0 Å². The minimum absolute atomic E-state index is 0.0674. The number of carbonyl (C=O) groups excluding carboxylic acids is 1. The Labute approximate surface area is 225 Å². The highest BCUT2D eigenvalue weighted by Gasteiger charge is 2.56. The normalized spacial score (nSPS) is 12.2. The van der Waals surface area contributed by atoms with Crippen LogP contribution < -0.4 is 20.9 Å². The molecule has 212 valence electrons. The molecular weight excluding hydrogens is 539 g/mol. The maximum absolute atomic E-state index is 12.9. The van der Waals surface area contributed by atoms with Gasteiger partial charge in [-0.3, -0.25) is 0 Å². The number of aliphatic carboxylic acids is 1. The van der Waals surface area contributed by atoms with E-state index < -0.39 is 36.9 Å². The number of nitrogens with two attached hydrogens (primary N) is 2. The molecule has 0 heterocycles. The molecule has 3 aromatic rings. The summed E-state index contributed by atoms with van der Waals surface area (Å²) in [6.07, 6.45) is -6.00. The highest BCUT2D eigenvalue weighted by molar-refractivity contribution is 5.93. The third kappa shape index (κ3) is 8.19. The van der Waals surface area contributed by atoms with E-state index >= 15 is 0 Å². The lowest BCUT2D eigenvalue weighted by Crippen LogP contribution is -2.36. The number of rotatable bonds is 11. The van der Waals surface area contributed by atoms with E-state index in [9.17, 15) is 36.6 Å². The van der Waals surface area contributed by atoms with Crippen LogP contribution in [0.25, 0.3) is 6.08 Å². The average molecular weight is 565 g/mol.